The molecule has 0 atom stereocenters. The van der Waals surface area contributed by atoms with Crippen LogP contribution in [0.2, 0.25) is 5.02 Å². The van der Waals surface area contributed by atoms with Crippen molar-refractivity contribution in [1.29, 1.82) is 0 Å². The van der Waals surface area contributed by atoms with Crippen LogP contribution in [0.5, 0.6) is 0 Å². The lowest BCUT2D eigenvalue weighted by molar-refractivity contribution is 1.55. The predicted octanol–water partition coefficient (Wildman–Crippen LogP) is 5.85. The van der Waals surface area contributed by atoms with E-state index in [1.807, 2.05) is 30.3 Å². The van der Waals surface area contributed by atoms with E-state index < -0.39 is 0 Å². The molecule has 19 heavy (non-hydrogen) atoms. The zero-order valence-electron chi connectivity index (χ0n) is 11.2. The van der Waals surface area contributed by atoms with Crippen molar-refractivity contribution in [3.05, 3.63) is 82.9 Å². The van der Waals surface area contributed by atoms with Gasteiger partial charge in [-0.05, 0) is 48.3 Å². The van der Waals surface area contributed by atoms with Crippen molar-refractivity contribution < 1.29 is 0 Å². The van der Waals surface area contributed by atoms with Crippen LogP contribution < -0.4 is 0 Å². The zero-order valence-corrected chi connectivity index (χ0v) is 12.0. The second-order valence-electron chi connectivity index (χ2n) is 4.57. The Morgan fingerprint density at radius 1 is 0.737 bits per heavy atom. The van der Waals surface area contributed by atoms with Gasteiger partial charge in [-0.15, -0.1) is 0 Å². The van der Waals surface area contributed by atoms with Crippen molar-refractivity contribution in [2.75, 3.05) is 0 Å². The number of hydrogen-bond donors (Lipinski definition) is 0. The summed E-state index contributed by atoms with van der Waals surface area (Å²) in [5.41, 5.74) is 4.94. The molecule has 0 fully saturated rings. The largest absolute Gasteiger partial charge is 0.0843 e. The summed E-state index contributed by atoms with van der Waals surface area (Å²) in [4.78, 5) is 0. The maximum atomic E-state index is 5.89. The van der Waals surface area contributed by atoms with Gasteiger partial charge in [0.1, 0.15) is 0 Å². The molecule has 1 heteroatoms. The van der Waals surface area contributed by atoms with Gasteiger partial charge in [0.15, 0.2) is 0 Å². The molecule has 0 aromatic heterocycles. The molecule has 2 rings (SSSR count). The summed E-state index contributed by atoms with van der Waals surface area (Å²) in [5.74, 6) is 0. The monoisotopic (exact) mass is 268 g/mol. The molecule has 0 spiro atoms. The van der Waals surface area contributed by atoms with Crippen molar-refractivity contribution in [3.63, 3.8) is 0 Å². The Kier molecular flexibility index (Phi) is 4.59. The maximum Gasteiger partial charge on any atom is 0.0406 e. The van der Waals surface area contributed by atoms with Gasteiger partial charge in [-0.2, -0.15) is 0 Å². The first-order chi connectivity index (χ1) is 9.16. The summed E-state index contributed by atoms with van der Waals surface area (Å²) in [6.45, 7) is 4.24. The van der Waals surface area contributed by atoms with Gasteiger partial charge in [-0.3, -0.25) is 0 Å². The lowest BCUT2D eigenvalue weighted by atomic mass is 10.0. The van der Waals surface area contributed by atoms with Gasteiger partial charge in [0.25, 0.3) is 0 Å². The SMILES string of the molecule is C/C(=C\C=C(/C)c1ccc(Cl)cc1)c1ccccc1. The first kappa shape index (κ1) is 13.6. The lowest BCUT2D eigenvalue weighted by Crippen LogP contribution is -1.80. The van der Waals surface area contributed by atoms with E-state index in [2.05, 4.69) is 50.3 Å². The molecule has 0 nitrogen and oxygen atoms in total. The third-order valence-corrected chi connectivity index (χ3v) is 3.36. The van der Waals surface area contributed by atoms with Crippen molar-refractivity contribution in [2.45, 2.75) is 13.8 Å². The highest BCUT2D eigenvalue weighted by Gasteiger charge is 1.96. The minimum Gasteiger partial charge on any atom is -0.0843 e. The van der Waals surface area contributed by atoms with Crippen LogP contribution in [0, 0.1) is 0 Å². The molecule has 96 valence electrons. The third-order valence-electron chi connectivity index (χ3n) is 3.11. The highest BCUT2D eigenvalue weighted by atomic mass is 35.5. The molecule has 2 aromatic rings. The van der Waals surface area contributed by atoms with Crippen LogP contribution in [0.25, 0.3) is 11.1 Å². The third kappa shape index (κ3) is 3.84. The van der Waals surface area contributed by atoms with Gasteiger partial charge >= 0.3 is 0 Å². The molecule has 0 saturated carbocycles. The fourth-order valence-electron chi connectivity index (χ4n) is 1.86. The molecule has 0 heterocycles. The van der Waals surface area contributed by atoms with Crippen LogP contribution >= 0.6 is 11.6 Å². The van der Waals surface area contributed by atoms with Crippen molar-refractivity contribution in [3.8, 4) is 0 Å². The van der Waals surface area contributed by atoms with E-state index in [1.165, 1.54) is 22.3 Å². The maximum absolute atomic E-state index is 5.89. The molecular formula is C18H17Cl. The van der Waals surface area contributed by atoms with E-state index >= 15 is 0 Å². The summed E-state index contributed by atoms with van der Waals surface area (Å²) >= 11 is 5.89. The predicted molar refractivity (Wildman–Crippen MR) is 85.2 cm³/mol. The number of benzene rings is 2. The first-order valence-corrected chi connectivity index (χ1v) is 6.71. The average Bonchev–Trinajstić information content (AvgIpc) is 2.46. The lowest BCUT2D eigenvalue weighted by Gasteiger charge is -2.02. The number of rotatable bonds is 3. The molecule has 0 radical (unpaired) electrons. The Labute approximate surface area is 120 Å². The molecule has 0 unspecified atom stereocenters. The molecule has 0 aliphatic rings. The quantitative estimate of drug-likeness (QED) is 0.613. The van der Waals surface area contributed by atoms with Gasteiger partial charge in [-0.25, -0.2) is 0 Å². The zero-order chi connectivity index (χ0) is 13.7. The summed E-state index contributed by atoms with van der Waals surface area (Å²) < 4.78 is 0. The van der Waals surface area contributed by atoms with Crippen LogP contribution in [0.15, 0.2) is 66.7 Å². The van der Waals surface area contributed by atoms with Crippen molar-refractivity contribution in [1.82, 2.24) is 0 Å². The van der Waals surface area contributed by atoms with Gasteiger partial charge in [0.05, 0.1) is 0 Å². The Balaban J connectivity index is 2.20. The molecule has 0 amide bonds. The normalized spacial score (nSPS) is 12.6. The molecule has 0 aliphatic carbocycles. The fraction of sp³-hybridized carbons (Fsp3) is 0.111. The van der Waals surface area contributed by atoms with E-state index in [9.17, 15) is 0 Å². The summed E-state index contributed by atoms with van der Waals surface area (Å²) in [6, 6.07) is 18.3. The van der Waals surface area contributed by atoms with E-state index in [0.29, 0.717) is 0 Å². The molecular weight excluding hydrogens is 252 g/mol. The van der Waals surface area contributed by atoms with Crippen LogP contribution in [0.1, 0.15) is 25.0 Å². The molecule has 0 saturated heterocycles. The van der Waals surface area contributed by atoms with Crippen LogP contribution in [-0.2, 0) is 0 Å². The Morgan fingerprint density at radius 2 is 1.21 bits per heavy atom. The van der Waals surface area contributed by atoms with Crippen LogP contribution in [0.4, 0.5) is 0 Å². The summed E-state index contributed by atoms with van der Waals surface area (Å²) in [5, 5.41) is 0.771. The summed E-state index contributed by atoms with van der Waals surface area (Å²) in [7, 11) is 0. The number of allylic oxidation sites excluding steroid dienone is 4. The van der Waals surface area contributed by atoms with Gasteiger partial charge in [0.2, 0.25) is 0 Å². The standard InChI is InChI=1S/C18H17Cl/c1-14(16-6-4-3-5-7-16)8-9-15(2)17-10-12-18(19)13-11-17/h3-13H,1-2H3/b14-8+,15-9+. The Hall–Kier alpha value is -1.79. The van der Waals surface area contributed by atoms with Gasteiger partial charge < -0.3 is 0 Å². The molecule has 2 aromatic carbocycles. The van der Waals surface area contributed by atoms with Crippen LogP contribution in [-0.4, -0.2) is 0 Å². The second kappa shape index (κ2) is 6.40. The molecule has 0 bridgehead atoms. The first-order valence-electron chi connectivity index (χ1n) is 6.33. The Morgan fingerprint density at radius 3 is 1.74 bits per heavy atom. The van der Waals surface area contributed by atoms with Crippen molar-refractivity contribution >= 4 is 22.7 Å². The van der Waals surface area contributed by atoms with Gasteiger partial charge in [-0.1, -0.05) is 66.2 Å². The van der Waals surface area contributed by atoms with Crippen LogP contribution in [0.3, 0.4) is 0 Å². The minimum atomic E-state index is 0.771. The molecule has 0 N–H and O–H groups in total. The fourth-order valence-corrected chi connectivity index (χ4v) is 1.98. The number of hydrogen-bond acceptors (Lipinski definition) is 0. The summed E-state index contributed by atoms with van der Waals surface area (Å²) in [6.07, 6.45) is 4.30. The van der Waals surface area contributed by atoms with E-state index in [4.69, 9.17) is 11.6 Å². The second-order valence-corrected chi connectivity index (χ2v) is 5.01. The Bertz CT molecular complexity index is 589. The van der Waals surface area contributed by atoms with Crippen molar-refractivity contribution in [2.24, 2.45) is 0 Å². The highest BCUT2D eigenvalue weighted by Crippen LogP contribution is 2.19. The van der Waals surface area contributed by atoms with E-state index in [-0.39, 0.29) is 0 Å². The van der Waals surface area contributed by atoms with E-state index in [1.54, 1.807) is 0 Å². The van der Waals surface area contributed by atoms with E-state index in [0.717, 1.165) is 5.02 Å². The van der Waals surface area contributed by atoms with Gasteiger partial charge in [0, 0.05) is 5.02 Å². The smallest absolute Gasteiger partial charge is 0.0406 e. The average molecular weight is 269 g/mol. The minimum absolute atomic E-state index is 0.771. The number of halogens is 1. The highest BCUT2D eigenvalue weighted by molar-refractivity contribution is 6.30. The topological polar surface area (TPSA) is 0 Å². The molecule has 0 aliphatic heterocycles.